The molecule has 0 unspecified atom stereocenters. The lowest BCUT2D eigenvalue weighted by molar-refractivity contribution is 0.0971. The first-order valence-corrected chi connectivity index (χ1v) is 4.62. The molecule has 1 aromatic heterocycles. The Morgan fingerprint density at radius 3 is 3.07 bits per heavy atom. The number of hydrogen-bond acceptors (Lipinski definition) is 3. The van der Waals surface area contributed by atoms with Gasteiger partial charge in [-0.2, -0.15) is 5.10 Å². The number of carbonyl (C=O) groups is 1. The second-order valence-corrected chi connectivity index (χ2v) is 3.32. The van der Waals surface area contributed by atoms with Crippen LogP contribution in [0.25, 0.3) is 0 Å². The number of rotatable bonds is 1. The average molecular weight is 192 g/mol. The third-order valence-corrected chi connectivity index (χ3v) is 2.07. The van der Waals surface area contributed by atoms with Crippen molar-refractivity contribution < 1.29 is 4.79 Å². The molecule has 0 atom stereocenters. The summed E-state index contributed by atoms with van der Waals surface area (Å²) in [6.07, 6.45) is 1.88. The van der Waals surface area contributed by atoms with Crippen LogP contribution in [0, 0.1) is 6.92 Å². The lowest BCUT2D eigenvalue weighted by Gasteiger charge is -2.00. The molecule has 74 valence electrons. The van der Waals surface area contributed by atoms with Crippen LogP contribution < -0.4 is 5.32 Å². The highest BCUT2D eigenvalue weighted by molar-refractivity contribution is 6.05. The first-order chi connectivity index (χ1) is 6.75. The minimum absolute atomic E-state index is 0.185. The van der Waals surface area contributed by atoms with Crippen LogP contribution in [0.2, 0.25) is 0 Å². The maximum Gasteiger partial charge on any atom is 0.277 e. The van der Waals surface area contributed by atoms with Gasteiger partial charge >= 0.3 is 0 Å². The molecule has 0 saturated carbocycles. The smallest absolute Gasteiger partial charge is 0.277 e. The Bertz CT molecular complexity index is 380. The summed E-state index contributed by atoms with van der Waals surface area (Å²) < 4.78 is 0. The summed E-state index contributed by atoms with van der Waals surface area (Å²) in [4.78, 5) is 15.7. The fourth-order valence-corrected chi connectivity index (χ4v) is 1.37. The average Bonchev–Trinajstić information content (AvgIpc) is 2.75. The van der Waals surface area contributed by atoms with Gasteiger partial charge in [0, 0.05) is 18.7 Å². The SMILES string of the molecule is Cc1cc(C(=O)NC2=NCCC2)n[nH]1. The number of aryl methyl sites for hydroxylation is 1. The number of carbonyl (C=O) groups excluding carboxylic acids is 1. The number of H-pyrrole nitrogens is 1. The van der Waals surface area contributed by atoms with Gasteiger partial charge in [0.1, 0.15) is 5.84 Å². The topological polar surface area (TPSA) is 70.1 Å². The van der Waals surface area contributed by atoms with E-state index in [-0.39, 0.29) is 5.91 Å². The van der Waals surface area contributed by atoms with Crippen molar-refractivity contribution in [1.29, 1.82) is 0 Å². The quantitative estimate of drug-likeness (QED) is 0.685. The number of hydrogen-bond donors (Lipinski definition) is 2. The van der Waals surface area contributed by atoms with Crippen molar-refractivity contribution in [2.45, 2.75) is 19.8 Å². The molecule has 1 amide bonds. The highest BCUT2D eigenvalue weighted by Crippen LogP contribution is 2.03. The molecular formula is C9H12N4O. The van der Waals surface area contributed by atoms with Gasteiger partial charge in [0.15, 0.2) is 5.69 Å². The van der Waals surface area contributed by atoms with Crippen molar-refractivity contribution in [3.8, 4) is 0 Å². The highest BCUT2D eigenvalue weighted by Gasteiger charge is 2.13. The van der Waals surface area contributed by atoms with E-state index in [1.54, 1.807) is 6.07 Å². The minimum Gasteiger partial charge on any atom is -0.309 e. The zero-order valence-corrected chi connectivity index (χ0v) is 8.00. The summed E-state index contributed by atoms with van der Waals surface area (Å²) in [5, 5.41) is 9.33. The van der Waals surface area contributed by atoms with Gasteiger partial charge in [0.05, 0.1) is 0 Å². The zero-order chi connectivity index (χ0) is 9.97. The Balaban J connectivity index is 2.02. The molecule has 0 fully saturated rings. The number of aromatic nitrogens is 2. The van der Waals surface area contributed by atoms with Crippen LogP contribution in [0.1, 0.15) is 29.0 Å². The van der Waals surface area contributed by atoms with E-state index in [1.165, 1.54) is 0 Å². The number of aromatic amines is 1. The lowest BCUT2D eigenvalue weighted by Crippen LogP contribution is -2.29. The fourth-order valence-electron chi connectivity index (χ4n) is 1.37. The van der Waals surface area contributed by atoms with Crippen molar-refractivity contribution in [2.75, 3.05) is 6.54 Å². The van der Waals surface area contributed by atoms with Gasteiger partial charge in [-0.1, -0.05) is 0 Å². The van der Waals surface area contributed by atoms with E-state index >= 15 is 0 Å². The van der Waals surface area contributed by atoms with E-state index in [0.29, 0.717) is 5.69 Å². The Hall–Kier alpha value is -1.65. The van der Waals surface area contributed by atoms with Crippen LogP contribution in [-0.4, -0.2) is 28.5 Å². The summed E-state index contributed by atoms with van der Waals surface area (Å²) in [5.41, 5.74) is 1.29. The van der Waals surface area contributed by atoms with Crippen molar-refractivity contribution >= 4 is 11.7 Å². The van der Waals surface area contributed by atoms with Gasteiger partial charge in [0.2, 0.25) is 0 Å². The molecular weight excluding hydrogens is 180 g/mol. The Morgan fingerprint density at radius 2 is 2.50 bits per heavy atom. The number of amides is 1. The van der Waals surface area contributed by atoms with Crippen molar-refractivity contribution in [2.24, 2.45) is 4.99 Å². The second-order valence-electron chi connectivity index (χ2n) is 3.32. The second kappa shape index (κ2) is 3.61. The summed E-state index contributed by atoms with van der Waals surface area (Å²) in [7, 11) is 0. The lowest BCUT2D eigenvalue weighted by atomic mass is 10.3. The predicted octanol–water partition coefficient (Wildman–Crippen LogP) is 0.640. The molecule has 2 heterocycles. The maximum absolute atomic E-state index is 11.5. The molecule has 1 aliphatic heterocycles. The molecule has 0 aromatic carbocycles. The molecule has 1 aromatic rings. The summed E-state index contributed by atoms with van der Waals surface area (Å²) >= 11 is 0. The Morgan fingerprint density at radius 1 is 1.64 bits per heavy atom. The molecule has 0 aliphatic carbocycles. The van der Waals surface area contributed by atoms with Crippen molar-refractivity contribution in [3.05, 3.63) is 17.5 Å². The Kier molecular flexibility index (Phi) is 2.30. The van der Waals surface area contributed by atoms with E-state index < -0.39 is 0 Å². The molecule has 0 spiro atoms. The van der Waals surface area contributed by atoms with Crippen molar-refractivity contribution in [3.63, 3.8) is 0 Å². The highest BCUT2D eigenvalue weighted by atomic mass is 16.2. The van der Waals surface area contributed by atoms with E-state index in [2.05, 4.69) is 20.5 Å². The van der Waals surface area contributed by atoms with Crippen LogP contribution in [0.3, 0.4) is 0 Å². The van der Waals surface area contributed by atoms with Gasteiger partial charge in [-0.3, -0.25) is 14.9 Å². The minimum atomic E-state index is -0.185. The predicted molar refractivity (Wildman–Crippen MR) is 52.3 cm³/mol. The van der Waals surface area contributed by atoms with Crippen LogP contribution in [-0.2, 0) is 0 Å². The van der Waals surface area contributed by atoms with E-state index in [9.17, 15) is 4.79 Å². The molecule has 14 heavy (non-hydrogen) atoms. The zero-order valence-electron chi connectivity index (χ0n) is 8.00. The van der Waals surface area contributed by atoms with Crippen LogP contribution in [0.5, 0.6) is 0 Å². The molecule has 1 aliphatic rings. The molecule has 0 saturated heterocycles. The van der Waals surface area contributed by atoms with Gasteiger partial charge in [-0.15, -0.1) is 0 Å². The molecule has 2 rings (SSSR count). The van der Waals surface area contributed by atoms with Crippen LogP contribution in [0.15, 0.2) is 11.1 Å². The van der Waals surface area contributed by atoms with Crippen LogP contribution in [0.4, 0.5) is 0 Å². The van der Waals surface area contributed by atoms with E-state index in [4.69, 9.17) is 0 Å². The van der Waals surface area contributed by atoms with Gasteiger partial charge in [0.25, 0.3) is 5.91 Å². The largest absolute Gasteiger partial charge is 0.309 e. The third kappa shape index (κ3) is 1.81. The van der Waals surface area contributed by atoms with E-state index in [1.807, 2.05) is 6.92 Å². The number of amidine groups is 1. The monoisotopic (exact) mass is 192 g/mol. The summed E-state index contributed by atoms with van der Waals surface area (Å²) in [6, 6.07) is 1.71. The molecule has 5 heteroatoms. The fraction of sp³-hybridized carbons (Fsp3) is 0.444. The molecule has 5 nitrogen and oxygen atoms in total. The maximum atomic E-state index is 11.5. The molecule has 0 radical (unpaired) electrons. The van der Waals surface area contributed by atoms with Crippen molar-refractivity contribution in [1.82, 2.24) is 15.5 Å². The standard InChI is InChI=1S/C9H12N4O/c1-6-5-7(13-12-6)9(14)11-8-3-2-4-10-8/h5H,2-4H2,1H3,(H,12,13)(H,10,11,14). The molecule has 2 N–H and O–H groups in total. The van der Waals surface area contributed by atoms with E-state index in [0.717, 1.165) is 30.9 Å². The van der Waals surface area contributed by atoms with Crippen LogP contribution >= 0.6 is 0 Å². The first kappa shape index (κ1) is 8.93. The van der Waals surface area contributed by atoms with Gasteiger partial charge in [-0.25, -0.2) is 0 Å². The Labute approximate surface area is 81.6 Å². The number of nitrogens with zero attached hydrogens (tertiary/aromatic N) is 2. The third-order valence-electron chi connectivity index (χ3n) is 2.07. The summed E-state index contributed by atoms with van der Waals surface area (Å²) in [6.45, 7) is 2.67. The number of nitrogens with one attached hydrogen (secondary N) is 2. The van der Waals surface area contributed by atoms with Gasteiger partial charge < -0.3 is 5.32 Å². The van der Waals surface area contributed by atoms with Gasteiger partial charge in [-0.05, 0) is 19.4 Å². The summed E-state index contributed by atoms with van der Waals surface area (Å²) in [5.74, 6) is 0.589. The first-order valence-electron chi connectivity index (χ1n) is 4.62. The normalized spacial score (nSPS) is 15.4. The molecule has 0 bridgehead atoms. The number of aliphatic imine (C=N–C) groups is 1.